The summed E-state index contributed by atoms with van der Waals surface area (Å²) in [4.78, 5) is 0. The molecule has 0 amide bonds. The first kappa shape index (κ1) is 25.2. The topological polar surface area (TPSA) is 79.1 Å². The summed E-state index contributed by atoms with van der Waals surface area (Å²) < 4.78 is 4.37. The van der Waals surface area contributed by atoms with E-state index in [1.807, 2.05) is 37.3 Å². The fourth-order valence-corrected chi connectivity index (χ4v) is 6.77. The van der Waals surface area contributed by atoms with E-state index in [2.05, 4.69) is 88.3 Å². The van der Waals surface area contributed by atoms with Crippen LogP contribution in [0.5, 0.6) is 0 Å². The molecule has 5 nitrogen and oxygen atoms in total. The van der Waals surface area contributed by atoms with Crippen molar-refractivity contribution in [3.05, 3.63) is 137 Å². The summed E-state index contributed by atoms with van der Waals surface area (Å²) in [6.07, 6.45) is 4.82. The molecule has 2 unspecified atom stereocenters. The third kappa shape index (κ3) is 3.67. The Balaban J connectivity index is 1.56. The fourth-order valence-electron chi connectivity index (χ4n) is 6.77. The van der Waals surface area contributed by atoms with Crippen molar-refractivity contribution in [2.24, 2.45) is 0 Å². The van der Waals surface area contributed by atoms with Crippen LogP contribution in [0, 0.1) is 40.9 Å². The largest absolute Gasteiger partial charge is 0.249 e. The maximum Gasteiger partial charge on any atom is 0.249 e. The maximum atomic E-state index is 10.4. The van der Waals surface area contributed by atoms with Gasteiger partial charge in [0.05, 0.1) is 34.2 Å². The average Bonchev–Trinajstić information content (AvgIpc) is 3.03. The van der Waals surface area contributed by atoms with Gasteiger partial charge in [0.15, 0.2) is 12.4 Å². The Hall–Kier alpha value is -5.83. The van der Waals surface area contributed by atoms with E-state index in [-0.39, 0.29) is 17.5 Å². The first-order valence-electron chi connectivity index (χ1n) is 13.9. The Morgan fingerprint density at radius 2 is 1.55 bits per heavy atom. The molecule has 2 atom stereocenters. The molecule has 2 aliphatic rings. The Morgan fingerprint density at radius 1 is 0.786 bits per heavy atom. The molecule has 0 spiro atoms. The van der Waals surface area contributed by atoms with Crippen LogP contribution in [-0.2, 0) is 6.42 Å². The highest BCUT2D eigenvalue weighted by atomic mass is 15.1. The molecule has 0 bridgehead atoms. The second-order valence-corrected chi connectivity index (χ2v) is 10.9. The fraction of sp³-hybridized carbons (Fsp3) is 0.108. The van der Waals surface area contributed by atoms with E-state index < -0.39 is 0 Å². The van der Waals surface area contributed by atoms with E-state index in [4.69, 9.17) is 6.58 Å². The lowest BCUT2D eigenvalue weighted by molar-refractivity contribution is -0.727. The molecule has 2 aromatic heterocycles. The van der Waals surface area contributed by atoms with Gasteiger partial charge in [-0.05, 0) is 60.4 Å². The molecule has 0 aliphatic carbocycles. The van der Waals surface area contributed by atoms with Crippen LogP contribution in [0.2, 0.25) is 0 Å². The van der Waals surface area contributed by atoms with Crippen LogP contribution in [0.1, 0.15) is 45.3 Å². The normalized spacial score (nSPS) is 16.1. The highest BCUT2D eigenvalue weighted by molar-refractivity contribution is 5.79. The van der Waals surface area contributed by atoms with E-state index in [1.54, 1.807) is 6.07 Å². The molecule has 2 aliphatic heterocycles. The molecule has 0 radical (unpaired) electrons. The van der Waals surface area contributed by atoms with Crippen LogP contribution in [0.25, 0.3) is 39.3 Å². The summed E-state index contributed by atoms with van der Waals surface area (Å²) in [7, 11) is 0. The lowest BCUT2D eigenvalue weighted by atomic mass is 9.73. The Labute approximate surface area is 244 Å². The second kappa shape index (κ2) is 9.67. The van der Waals surface area contributed by atoms with Crippen molar-refractivity contribution in [2.45, 2.75) is 25.3 Å². The standard InChI is InChI=1S/C37H25N5/c1-23-12-13-33-36-32(21-40)28(19-38)16-29(20-39)35(36)31-17-27-10-6-7-11-30(27)34-18-26(25-8-4-3-5-9-25)14-15-41(34)24(2)37(31)42(33)22-23/h3-16,18,22,31,37H,2,17H2,1H3/q+2. The van der Waals surface area contributed by atoms with Gasteiger partial charge in [-0.15, -0.1) is 0 Å². The number of nitrogens with zero attached hydrogens (tertiary/aromatic N) is 5. The highest BCUT2D eigenvalue weighted by Crippen LogP contribution is 2.48. The minimum atomic E-state index is -0.237. The summed E-state index contributed by atoms with van der Waals surface area (Å²) in [5, 5.41) is 30.6. The number of allylic oxidation sites excluding steroid dienone is 1. The predicted octanol–water partition coefficient (Wildman–Crippen LogP) is 6.55. The van der Waals surface area contributed by atoms with Gasteiger partial charge >= 0.3 is 0 Å². The number of fused-ring (bicyclic) bond motifs is 9. The van der Waals surface area contributed by atoms with Gasteiger partial charge in [-0.1, -0.05) is 48.5 Å². The molecule has 7 rings (SSSR count). The van der Waals surface area contributed by atoms with Gasteiger partial charge in [0.2, 0.25) is 23.1 Å². The van der Waals surface area contributed by atoms with E-state index in [0.29, 0.717) is 23.1 Å². The van der Waals surface area contributed by atoms with Crippen LogP contribution in [0.4, 0.5) is 0 Å². The minimum Gasteiger partial charge on any atom is -0.192 e. The van der Waals surface area contributed by atoms with Gasteiger partial charge in [0.1, 0.15) is 12.1 Å². The van der Waals surface area contributed by atoms with Crippen molar-refractivity contribution >= 4 is 5.70 Å². The number of hydrogen-bond donors (Lipinski definition) is 0. The Morgan fingerprint density at radius 3 is 2.31 bits per heavy atom. The molecule has 3 aromatic carbocycles. The third-order valence-electron chi connectivity index (χ3n) is 8.60. The van der Waals surface area contributed by atoms with E-state index in [9.17, 15) is 15.8 Å². The average molecular weight is 540 g/mol. The minimum absolute atomic E-state index is 0.197. The summed E-state index contributed by atoms with van der Waals surface area (Å²) in [6, 6.07) is 35.3. The van der Waals surface area contributed by atoms with Crippen LogP contribution >= 0.6 is 0 Å². The van der Waals surface area contributed by atoms with Crippen molar-refractivity contribution < 1.29 is 9.13 Å². The number of hydrogen-bond acceptors (Lipinski definition) is 3. The number of rotatable bonds is 1. The third-order valence-corrected chi connectivity index (χ3v) is 8.60. The summed E-state index contributed by atoms with van der Waals surface area (Å²) >= 11 is 0. The quantitative estimate of drug-likeness (QED) is 0.227. The van der Waals surface area contributed by atoms with E-state index in [0.717, 1.165) is 50.5 Å². The number of aromatic nitrogens is 2. The van der Waals surface area contributed by atoms with E-state index >= 15 is 0 Å². The maximum absolute atomic E-state index is 10.4. The van der Waals surface area contributed by atoms with Crippen molar-refractivity contribution in [3.8, 4) is 51.8 Å². The number of benzene rings is 3. The Bertz CT molecular complexity index is 2090. The molecule has 0 N–H and O–H groups in total. The highest BCUT2D eigenvalue weighted by Gasteiger charge is 2.50. The first-order valence-corrected chi connectivity index (χ1v) is 13.9. The molecule has 0 saturated heterocycles. The molecule has 0 saturated carbocycles. The number of pyridine rings is 2. The van der Waals surface area contributed by atoms with E-state index in [1.165, 1.54) is 0 Å². The SMILES string of the molecule is C=C1C2C(Cc3ccccc3-c3cc(-c4ccccc4)cc[n+]31)c1c(C#N)cc(C#N)c(C#N)c1-c1ccc(C)c[n+]12. The van der Waals surface area contributed by atoms with Gasteiger partial charge in [0.25, 0.3) is 0 Å². The van der Waals surface area contributed by atoms with Gasteiger partial charge in [-0.3, -0.25) is 0 Å². The summed E-state index contributed by atoms with van der Waals surface area (Å²) in [5.41, 5.74) is 10.7. The van der Waals surface area contributed by atoms with Crippen LogP contribution in [-0.4, -0.2) is 0 Å². The first-order chi connectivity index (χ1) is 20.5. The molecule has 196 valence electrons. The molecule has 4 heterocycles. The summed E-state index contributed by atoms with van der Waals surface area (Å²) in [6.45, 7) is 6.74. The summed E-state index contributed by atoms with van der Waals surface area (Å²) in [5.74, 6) is -0.197. The predicted molar refractivity (Wildman–Crippen MR) is 159 cm³/mol. The van der Waals surface area contributed by atoms with Gasteiger partial charge in [0, 0.05) is 29.3 Å². The zero-order chi connectivity index (χ0) is 29.0. The van der Waals surface area contributed by atoms with Crippen molar-refractivity contribution in [1.82, 2.24) is 0 Å². The Kier molecular flexibility index (Phi) is 5.79. The van der Waals surface area contributed by atoms with Crippen LogP contribution in [0.3, 0.4) is 0 Å². The lowest BCUT2D eigenvalue weighted by Gasteiger charge is -2.33. The zero-order valence-corrected chi connectivity index (χ0v) is 23.0. The van der Waals surface area contributed by atoms with Crippen molar-refractivity contribution in [1.29, 1.82) is 15.8 Å². The monoisotopic (exact) mass is 539 g/mol. The smallest absolute Gasteiger partial charge is 0.192 e. The molecular formula is C37H25N5+2. The zero-order valence-electron chi connectivity index (χ0n) is 23.0. The van der Waals surface area contributed by atoms with Crippen LogP contribution < -0.4 is 9.13 Å². The lowest BCUT2D eigenvalue weighted by Crippen LogP contribution is -2.54. The van der Waals surface area contributed by atoms with Crippen molar-refractivity contribution in [2.75, 3.05) is 0 Å². The molecule has 5 heteroatoms. The second-order valence-electron chi connectivity index (χ2n) is 10.9. The van der Waals surface area contributed by atoms with Crippen LogP contribution in [0.15, 0.2) is 104 Å². The van der Waals surface area contributed by atoms with Gasteiger partial charge in [-0.25, -0.2) is 0 Å². The molecular weight excluding hydrogens is 514 g/mol. The van der Waals surface area contributed by atoms with Crippen molar-refractivity contribution in [3.63, 3.8) is 0 Å². The molecule has 42 heavy (non-hydrogen) atoms. The van der Waals surface area contributed by atoms with Gasteiger partial charge < -0.3 is 0 Å². The molecule has 5 aromatic rings. The number of nitriles is 3. The van der Waals surface area contributed by atoms with Gasteiger partial charge in [-0.2, -0.15) is 24.9 Å². The molecule has 0 fully saturated rings. The number of aryl methyl sites for hydroxylation is 1.